The van der Waals surface area contributed by atoms with Crippen LogP contribution in [0, 0.1) is 26.8 Å². The summed E-state index contributed by atoms with van der Waals surface area (Å²) in [7, 11) is 0. The van der Waals surface area contributed by atoms with Crippen molar-refractivity contribution in [1.82, 2.24) is 25.0 Å². The average Bonchev–Trinajstić information content (AvgIpc) is 3.46. The van der Waals surface area contributed by atoms with Crippen molar-refractivity contribution in [3.05, 3.63) is 63.6 Å². The predicted molar refractivity (Wildman–Crippen MR) is 122 cm³/mol. The topological polar surface area (TPSA) is 62.6 Å². The molecule has 0 unspecified atom stereocenters. The molecule has 1 fully saturated rings. The summed E-state index contributed by atoms with van der Waals surface area (Å²) in [5.74, 6) is 0.997. The second kappa shape index (κ2) is 6.94. The maximum Gasteiger partial charge on any atom is 0.132 e. The lowest BCUT2D eigenvalue weighted by Gasteiger charge is -2.36. The van der Waals surface area contributed by atoms with Crippen LogP contribution in [0.1, 0.15) is 42.3 Å². The van der Waals surface area contributed by atoms with Gasteiger partial charge in [0.25, 0.3) is 0 Å². The number of H-pyrrole nitrogens is 1. The lowest BCUT2D eigenvalue weighted by Crippen LogP contribution is -2.40. The van der Waals surface area contributed by atoms with E-state index in [1.165, 1.54) is 11.1 Å². The van der Waals surface area contributed by atoms with Crippen molar-refractivity contribution in [3.63, 3.8) is 0 Å². The third-order valence-corrected chi connectivity index (χ3v) is 7.21. The molecular formula is C23H24BrN6. The number of rotatable bonds is 3. The fraction of sp³-hybridized carbons (Fsp3) is 0.348. The summed E-state index contributed by atoms with van der Waals surface area (Å²) in [6, 6.07) is 9.71. The van der Waals surface area contributed by atoms with Crippen LogP contribution >= 0.6 is 15.9 Å². The van der Waals surface area contributed by atoms with Crippen LogP contribution < -0.4 is 4.90 Å². The standard InChI is InChI=1S/C23H24BrN6/c1-14-6-7-19(30-25-9-10-26-30)20(12-14)29-11-5-8-23(29,4)22-27-18-13-17(24)15(2)16(3)21(18)28-22/h6,9-10,12-13H,5,8,11H2,1-4H3,(H,27,28)/t23-/m0/s1. The first kappa shape index (κ1) is 19.3. The average molecular weight is 464 g/mol. The number of hydrogen-bond acceptors (Lipinski definition) is 4. The maximum atomic E-state index is 5.09. The number of halogens is 1. The lowest BCUT2D eigenvalue weighted by molar-refractivity contribution is 0.466. The number of benzene rings is 2. The van der Waals surface area contributed by atoms with Crippen LogP contribution in [0.4, 0.5) is 5.69 Å². The number of hydrogen-bond donors (Lipinski definition) is 1. The minimum Gasteiger partial charge on any atom is -0.357 e. The van der Waals surface area contributed by atoms with E-state index >= 15 is 0 Å². The van der Waals surface area contributed by atoms with Crippen molar-refractivity contribution in [2.75, 3.05) is 11.4 Å². The number of fused-ring (bicyclic) bond motifs is 1. The molecule has 0 bridgehead atoms. The number of nitrogens with one attached hydrogen (secondary N) is 1. The van der Waals surface area contributed by atoms with Crippen LogP contribution in [0.5, 0.6) is 0 Å². The van der Waals surface area contributed by atoms with Gasteiger partial charge in [0.05, 0.1) is 34.7 Å². The Hall–Kier alpha value is -2.67. The molecule has 3 heterocycles. The Balaban J connectivity index is 1.67. The quantitative estimate of drug-likeness (QED) is 0.456. The molecule has 0 spiro atoms. The van der Waals surface area contributed by atoms with Crippen molar-refractivity contribution >= 4 is 32.7 Å². The van der Waals surface area contributed by atoms with Gasteiger partial charge in [-0.1, -0.05) is 15.9 Å². The highest BCUT2D eigenvalue weighted by atomic mass is 79.9. The second-order valence-corrected chi connectivity index (χ2v) is 9.20. The zero-order valence-corrected chi connectivity index (χ0v) is 19.2. The van der Waals surface area contributed by atoms with Gasteiger partial charge in [0.15, 0.2) is 0 Å². The van der Waals surface area contributed by atoms with E-state index in [0.717, 1.165) is 57.7 Å². The van der Waals surface area contributed by atoms with Crippen LogP contribution in [-0.2, 0) is 5.54 Å². The Bertz CT molecular complexity index is 1240. The molecule has 0 aliphatic carbocycles. The smallest absolute Gasteiger partial charge is 0.132 e. The molecular weight excluding hydrogens is 440 g/mol. The number of imidazole rings is 1. The summed E-state index contributed by atoms with van der Waals surface area (Å²) in [6.07, 6.45) is 5.51. The highest BCUT2D eigenvalue weighted by Crippen LogP contribution is 2.43. The molecule has 153 valence electrons. The van der Waals surface area contributed by atoms with Crippen LogP contribution in [-0.4, -0.2) is 31.5 Å². The fourth-order valence-electron chi connectivity index (χ4n) is 4.50. The Kier molecular flexibility index (Phi) is 4.47. The van der Waals surface area contributed by atoms with E-state index in [2.05, 4.69) is 81.9 Å². The Morgan fingerprint density at radius 3 is 2.67 bits per heavy atom. The molecule has 2 aromatic carbocycles. The summed E-state index contributed by atoms with van der Waals surface area (Å²) < 4.78 is 1.11. The lowest BCUT2D eigenvalue weighted by atomic mass is 9.97. The van der Waals surface area contributed by atoms with E-state index in [9.17, 15) is 0 Å². The van der Waals surface area contributed by atoms with Crippen molar-refractivity contribution in [2.24, 2.45) is 0 Å². The van der Waals surface area contributed by atoms with E-state index in [-0.39, 0.29) is 5.54 Å². The summed E-state index contributed by atoms with van der Waals surface area (Å²) in [5, 5.41) is 8.71. The summed E-state index contributed by atoms with van der Waals surface area (Å²) in [5.41, 5.74) is 7.41. The first-order chi connectivity index (χ1) is 14.4. The minimum atomic E-state index is -0.255. The first-order valence-electron chi connectivity index (χ1n) is 10.2. The number of aryl methyl sites for hydroxylation is 2. The van der Waals surface area contributed by atoms with Gasteiger partial charge in [0.1, 0.15) is 11.5 Å². The van der Waals surface area contributed by atoms with Crippen molar-refractivity contribution in [1.29, 1.82) is 0 Å². The van der Waals surface area contributed by atoms with Gasteiger partial charge in [-0.05, 0) is 75.4 Å². The molecule has 30 heavy (non-hydrogen) atoms. The van der Waals surface area contributed by atoms with E-state index in [1.54, 1.807) is 17.2 Å². The third kappa shape index (κ3) is 2.87. The van der Waals surface area contributed by atoms with Gasteiger partial charge in [-0.25, -0.2) is 4.98 Å². The van der Waals surface area contributed by atoms with Gasteiger partial charge in [0, 0.05) is 17.1 Å². The van der Waals surface area contributed by atoms with E-state index < -0.39 is 0 Å². The molecule has 0 saturated carbocycles. The zero-order chi connectivity index (χ0) is 21.0. The SMILES string of the molecule is Cc1c[c]c(-n2nccn2)c(N2CCC[C@@]2(C)c2nc3c(C)c(C)c(Br)cc3[nH]2)c1. The van der Waals surface area contributed by atoms with E-state index in [4.69, 9.17) is 4.98 Å². The van der Waals surface area contributed by atoms with E-state index in [0.29, 0.717) is 0 Å². The van der Waals surface area contributed by atoms with Crippen molar-refractivity contribution in [3.8, 4) is 5.69 Å². The van der Waals surface area contributed by atoms with Gasteiger partial charge in [-0.2, -0.15) is 10.2 Å². The largest absolute Gasteiger partial charge is 0.357 e. The van der Waals surface area contributed by atoms with Crippen LogP contribution in [0.15, 0.2) is 35.1 Å². The van der Waals surface area contributed by atoms with Crippen LogP contribution in [0.2, 0.25) is 0 Å². The molecule has 0 amide bonds. The first-order valence-corrected chi connectivity index (χ1v) is 11.0. The normalized spacial score (nSPS) is 19.2. The fourth-order valence-corrected chi connectivity index (χ4v) is 5.02. The Morgan fingerprint density at radius 2 is 1.90 bits per heavy atom. The van der Waals surface area contributed by atoms with Crippen molar-refractivity contribution < 1.29 is 0 Å². The predicted octanol–water partition coefficient (Wildman–Crippen LogP) is 5.15. The summed E-state index contributed by atoms with van der Waals surface area (Å²) in [6.45, 7) is 9.58. The summed E-state index contributed by atoms with van der Waals surface area (Å²) in [4.78, 5) is 12.8. The monoisotopic (exact) mass is 463 g/mol. The molecule has 1 aliphatic rings. The molecule has 1 atom stereocenters. The van der Waals surface area contributed by atoms with Crippen molar-refractivity contribution in [2.45, 2.75) is 46.1 Å². The molecule has 1 saturated heterocycles. The van der Waals surface area contributed by atoms with Gasteiger partial charge in [-0.15, -0.1) is 4.80 Å². The third-order valence-electron chi connectivity index (χ3n) is 6.38. The number of aromatic nitrogens is 5. The number of aromatic amines is 1. The van der Waals surface area contributed by atoms with Gasteiger partial charge in [0.2, 0.25) is 0 Å². The highest BCUT2D eigenvalue weighted by Gasteiger charge is 2.42. The molecule has 1 radical (unpaired) electrons. The van der Waals surface area contributed by atoms with Crippen LogP contribution in [0.3, 0.4) is 0 Å². The van der Waals surface area contributed by atoms with Gasteiger partial charge >= 0.3 is 0 Å². The minimum absolute atomic E-state index is 0.255. The molecule has 6 nitrogen and oxygen atoms in total. The Labute approximate surface area is 184 Å². The number of anilines is 1. The maximum absolute atomic E-state index is 5.09. The molecule has 2 aromatic heterocycles. The highest BCUT2D eigenvalue weighted by molar-refractivity contribution is 9.10. The van der Waals surface area contributed by atoms with Gasteiger partial charge in [-0.3, -0.25) is 0 Å². The molecule has 1 aliphatic heterocycles. The summed E-state index contributed by atoms with van der Waals surface area (Å²) >= 11 is 3.68. The zero-order valence-electron chi connectivity index (χ0n) is 17.6. The Morgan fingerprint density at radius 1 is 1.13 bits per heavy atom. The van der Waals surface area contributed by atoms with Crippen LogP contribution in [0.25, 0.3) is 16.7 Å². The second-order valence-electron chi connectivity index (χ2n) is 8.35. The number of nitrogens with zero attached hydrogens (tertiary/aromatic N) is 5. The molecule has 5 rings (SSSR count). The van der Waals surface area contributed by atoms with Gasteiger partial charge < -0.3 is 9.88 Å². The molecule has 1 N–H and O–H groups in total. The van der Waals surface area contributed by atoms with E-state index in [1.807, 2.05) is 6.07 Å². The molecule has 4 aromatic rings. The molecule has 7 heteroatoms.